The summed E-state index contributed by atoms with van der Waals surface area (Å²) in [4.78, 5) is 4.05. The average molecular weight is 272 g/mol. The normalized spacial score (nSPS) is 10.4. The molecule has 0 aliphatic carbocycles. The first kappa shape index (κ1) is 9.74. The minimum atomic E-state index is 0.501. The van der Waals surface area contributed by atoms with E-state index in [1.54, 1.807) is 0 Å². The number of benzene rings is 1. The molecule has 14 heavy (non-hydrogen) atoms. The fourth-order valence-corrected chi connectivity index (χ4v) is 1.97. The molecule has 0 bridgehead atoms. The van der Waals surface area contributed by atoms with Gasteiger partial charge in [0.2, 0.25) is 5.28 Å². The van der Waals surface area contributed by atoms with Gasteiger partial charge in [-0.2, -0.15) is 0 Å². The summed E-state index contributed by atoms with van der Waals surface area (Å²) in [6, 6.07) is 10.1. The van der Waals surface area contributed by atoms with Crippen molar-refractivity contribution < 1.29 is 0 Å². The van der Waals surface area contributed by atoms with Crippen molar-refractivity contribution in [3.63, 3.8) is 0 Å². The molecule has 1 heterocycles. The van der Waals surface area contributed by atoms with Gasteiger partial charge in [-0.25, -0.2) is 4.98 Å². The molecule has 4 heteroatoms. The van der Waals surface area contributed by atoms with Gasteiger partial charge >= 0.3 is 0 Å². The quantitative estimate of drug-likeness (QED) is 0.819. The third-order valence-corrected chi connectivity index (χ3v) is 2.58. The van der Waals surface area contributed by atoms with Crippen molar-refractivity contribution in [2.24, 2.45) is 0 Å². The van der Waals surface area contributed by atoms with Gasteiger partial charge < -0.3 is 4.57 Å². The molecule has 0 aliphatic heterocycles. The molecule has 0 aliphatic rings. The number of hydrogen-bond acceptors (Lipinski definition) is 1. The molecule has 0 spiro atoms. The van der Waals surface area contributed by atoms with E-state index in [0.717, 1.165) is 11.1 Å². The lowest BCUT2D eigenvalue weighted by Gasteiger charge is -2.02. The van der Waals surface area contributed by atoms with Gasteiger partial charge in [-0.15, -0.1) is 0 Å². The van der Waals surface area contributed by atoms with Crippen LogP contribution < -0.4 is 0 Å². The van der Waals surface area contributed by atoms with Gasteiger partial charge in [0.05, 0.1) is 0 Å². The number of halogens is 2. The van der Waals surface area contributed by atoms with Crippen LogP contribution in [0.4, 0.5) is 0 Å². The lowest BCUT2D eigenvalue weighted by atomic mass is 10.2. The Bertz CT molecular complexity index is 425. The fraction of sp³-hybridized carbons (Fsp3) is 0.100. The van der Waals surface area contributed by atoms with E-state index >= 15 is 0 Å². The third kappa shape index (κ3) is 2.16. The molecule has 0 saturated heterocycles. The van der Waals surface area contributed by atoms with Crippen molar-refractivity contribution >= 4 is 27.5 Å². The van der Waals surface area contributed by atoms with E-state index in [4.69, 9.17) is 11.6 Å². The van der Waals surface area contributed by atoms with E-state index in [1.165, 1.54) is 5.56 Å². The molecule has 0 N–H and O–H groups in total. The third-order valence-electron chi connectivity index (χ3n) is 1.89. The van der Waals surface area contributed by atoms with E-state index in [0.29, 0.717) is 5.28 Å². The zero-order valence-corrected chi connectivity index (χ0v) is 9.66. The summed E-state index contributed by atoms with van der Waals surface area (Å²) >= 11 is 9.20. The number of aromatic nitrogens is 2. The highest BCUT2D eigenvalue weighted by Crippen LogP contribution is 2.15. The maximum atomic E-state index is 5.92. The van der Waals surface area contributed by atoms with Crippen LogP contribution >= 0.6 is 27.5 Å². The van der Waals surface area contributed by atoms with Crippen LogP contribution in [0.25, 0.3) is 0 Å². The minimum absolute atomic E-state index is 0.501. The predicted molar refractivity (Wildman–Crippen MR) is 60.5 cm³/mol. The monoisotopic (exact) mass is 270 g/mol. The molecule has 1 aromatic carbocycles. The van der Waals surface area contributed by atoms with Crippen LogP contribution in [0.5, 0.6) is 0 Å². The Hall–Kier alpha value is -0.800. The Balaban J connectivity index is 2.23. The van der Waals surface area contributed by atoms with Crippen LogP contribution in [0.3, 0.4) is 0 Å². The minimum Gasteiger partial charge on any atom is -0.316 e. The second-order valence-corrected chi connectivity index (χ2v) is 4.10. The standard InChI is InChI=1S/C10H8BrClN2/c11-9-7-14(10(12)13-9)6-8-4-2-1-3-5-8/h1-5,7H,6H2. The lowest BCUT2D eigenvalue weighted by Crippen LogP contribution is -1.97. The second kappa shape index (κ2) is 4.15. The number of rotatable bonds is 2. The maximum absolute atomic E-state index is 5.92. The Morgan fingerprint density at radius 2 is 2.00 bits per heavy atom. The average Bonchev–Trinajstić information content (AvgIpc) is 2.47. The van der Waals surface area contributed by atoms with Gasteiger partial charge in [-0.3, -0.25) is 0 Å². The molecule has 72 valence electrons. The first-order valence-electron chi connectivity index (χ1n) is 4.18. The van der Waals surface area contributed by atoms with Crippen LogP contribution in [0.1, 0.15) is 5.56 Å². The van der Waals surface area contributed by atoms with Crippen molar-refractivity contribution in [2.75, 3.05) is 0 Å². The topological polar surface area (TPSA) is 17.8 Å². The molecule has 2 aromatic rings. The van der Waals surface area contributed by atoms with Crippen molar-refractivity contribution in [3.05, 3.63) is 52.0 Å². The van der Waals surface area contributed by atoms with Gasteiger partial charge in [0, 0.05) is 12.7 Å². The zero-order chi connectivity index (χ0) is 9.97. The van der Waals surface area contributed by atoms with Gasteiger partial charge in [-0.05, 0) is 33.1 Å². The highest BCUT2D eigenvalue weighted by Gasteiger charge is 2.03. The molecular weight excluding hydrogens is 263 g/mol. The number of hydrogen-bond donors (Lipinski definition) is 0. The van der Waals surface area contributed by atoms with E-state index < -0.39 is 0 Å². The predicted octanol–water partition coefficient (Wildman–Crippen LogP) is 3.35. The zero-order valence-electron chi connectivity index (χ0n) is 7.32. The summed E-state index contributed by atoms with van der Waals surface area (Å²) in [5.41, 5.74) is 1.21. The molecule has 0 fully saturated rings. The summed E-state index contributed by atoms with van der Waals surface area (Å²) in [6.07, 6.45) is 1.87. The Morgan fingerprint density at radius 3 is 2.57 bits per heavy atom. The fourth-order valence-electron chi connectivity index (χ4n) is 1.25. The van der Waals surface area contributed by atoms with E-state index in [2.05, 4.69) is 33.0 Å². The van der Waals surface area contributed by atoms with Crippen LogP contribution in [-0.2, 0) is 6.54 Å². The first-order valence-corrected chi connectivity index (χ1v) is 5.35. The Morgan fingerprint density at radius 1 is 1.29 bits per heavy atom. The second-order valence-electron chi connectivity index (χ2n) is 2.95. The van der Waals surface area contributed by atoms with Gasteiger partial charge in [0.15, 0.2) is 0 Å². The molecule has 0 unspecified atom stereocenters. The van der Waals surface area contributed by atoms with Crippen molar-refractivity contribution in [2.45, 2.75) is 6.54 Å². The molecule has 0 radical (unpaired) electrons. The Kier molecular flexibility index (Phi) is 2.89. The largest absolute Gasteiger partial charge is 0.316 e. The van der Waals surface area contributed by atoms with E-state index in [-0.39, 0.29) is 0 Å². The summed E-state index contributed by atoms with van der Waals surface area (Å²) in [5.74, 6) is 0. The van der Waals surface area contributed by atoms with Gasteiger partial charge in [0.25, 0.3) is 0 Å². The van der Waals surface area contributed by atoms with Gasteiger partial charge in [0.1, 0.15) is 4.60 Å². The molecule has 1 aromatic heterocycles. The van der Waals surface area contributed by atoms with Crippen LogP contribution in [0, 0.1) is 0 Å². The highest BCUT2D eigenvalue weighted by atomic mass is 79.9. The summed E-state index contributed by atoms with van der Waals surface area (Å²) in [7, 11) is 0. The van der Waals surface area contributed by atoms with Crippen LogP contribution in [0.2, 0.25) is 5.28 Å². The summed E-state index contributed by atoms with van der Waals surface area (Å²) in [6.45, 7) is 0.748. The SMILES string of the molecule is Clc1nc(Br)cn1Cc1ccccc1. The van der Waals surface area contributed by atoms with E-state index in [9.17, 15) is 0 Å². The molecule has 0 atom stereocenters. The van der Waals surface area contributed by atoms with E-state index in [1.807, 2.05) is 29.0 Å². The lowest BCUT2D eigenvalue weighted by molar-refractivity contribution is 0.798. The van der Waals surface area contributed by atoms with Gasteiger partial charge in [-0.1, -0.05) is 30.3 Å². The first-order chi connectivity index (χ1) is 6.75. The number of imidazole rings is 1. The van der Waals surface area contributed by atoms with Crippen molar-refractivity contribution in [1.82, 2.24) is 9.55 Å². The molecule has 2 rings (SSSR count). The summed E-state index contributed by atoms with van der Waals surface area (Å²) < 4.78 is 2.65. The van der Waals surface area contributed by atoms with Crippen molar-refractivity contribution in [3.8, 4) is 0 Å². The maximum Gasteiger partial charge on any atom is 0.204 e. The molecule has 0 amide bonds. The van der Waals surface area contributed by atoms with Crippen LogP contribution in [0.15, 0.2) is 41.1 Å². The smallest absolute Gasteiger partial charge is 0.204 e. The summed E-state index contributed by atoms with van der Waals surface area (Å²) in [5, 5.41) is 0.501. The Labute approximate surface area is 95.7 Å². The van der Waals surface area contributed by atoms with Crippen LogP contribution in [-0.4, -0.2) is 9.55 Å². The van der Waals surface area contributed by atoms with Crippen molar-refractivity contribution in [1.29, 1.82) is 0 Å². The molecule has 2 nitrogen and oxygen atoms in total. The highest BCUT2D eigenvalue weighted by molar-refractivity contribution is 9.10. The number of nitrogens with zero attached hydrogens (tertiary/aromatic N) is 2. The molecule has 0 saturated carbocycles. The molecular formula is C10H8BrClN2.